The molecule has 0 radical (unpaired) electrons. The minimum atomic E-state index is -0.599. The summed E-state index contributed by atoms with van der Waals surface area (Å²) in [5, 5.41) is 5.30. The number of amides is 2. The third kappa shape index (κ3) is 7.99. The zero-order valence-corrected chi connectivity index (χ0v) is 13.7. The van der Waals surface area contributed by atoms with Gasteiger partial charge in [0.2, 0.25) is 5.91 Å². The van der Waals surface area contributed by atoms with Gasteiger partial charge in [0.15, 0.2) is 6.61 Å². The van der Waals surface area contributed by atoms with Crippen LogP contribution in [0.1, 0.15) is 49.9 Å². The number of ether oxygens (including phenoxy) is 1. The zero-order valence-electron chi connectivity index (χ0n) is 13.7. The van der Waals surface area contributed by atoms with E-state index in [0.29, 0.717) is 12.2 Å². The standard InChI is InChI=1S/C17H24N2O4/c1-3-4-5-6-10-18-16(21)12-23-17(22)14-8-7-9-15(11-14)19-13(2)20/h7-9,11H,3-6,10,12H2,1-2H3,(H,18,21)(H,19,20). The molecule has 0 heterocycles. The van der Waals surface area contributed by atoms with E-state index < -0.39 is 5.97 Å². The van der Waals surface area contributed by atoms with Gasteiger partial charge in [-0.1, -0.05) is 32.3 Å². The average molecular weight is 320 g/mol. The SMILES string of the molecule is CCCCCCNC(=O)COC(=O)c1cccc(NC(C)=O)c1. The van der Waals surface area contributed by atoms with E-state index in [1.807, 2.05) is 0 Å². The molecule has 2 amide bonds. The molecular weight excluding hydrogens is 296 g/mol. The normalized spacial score (nSPS) is 10.0. The maximum atomic E-state index is 11.9. The summed E-state index contributed by atoms with van der Waals surface area (Å²) in [6.07, 6.45) is 4.29. The molecule has 0 aliphatic rings. The summed E-state index contributed by atoms with van der Waals surface area (Å²) < 4.78 is 4.96. The number of benzene rings is 1. The molecule has 126 valence electrons. The summed E-state index contributed by atoms with van der Waals surface area (Å²) >= 11 is 0. The second kappa shape index (κ2) is 10.4. The fourth-order valence-electron chi connectivity index (χ4n) is 1.97. The van der Waals surface area contributed by atoms with Gasteiger partial charge in [0.05, 0.1) is 5.56 Å². The molecule has 0 saturated carbocycles. The number of carbonyl (C=O) groups is 3. The van der Waals surface area contributed by atoms with Crippen LogP contribution in [0, 0.1) is 0 Å². The molecule has 6 nitrogen and oxygen atoms in total. The molecule has 0 atom stereocenters. The van der Waals surface area contributed by atoms with Crippen LogP contribution in [-0.4, -0.2) is 30.9 Å². The van der Waals surface area contributed by atoms with Crippen LogP contribution in [-0.2, 0) is 14.3 Å². The first kappa shape index (κ1) is 18.7. The van der Waals surface area contributed by atoms with Gasteiger partial charge in [0.1, 0.15) is 0 Å². The predicted octanol–water partition coefficient (Wildman–Crippen LogP) is 2.50. The highest BCUT2D eigenvalue weighted by Crippen LogP contribution is 2.11. The number of esters is 1. The fraction of sp³-hybridized carbons (Fsp3) is 0.471. The highest BCUT2D eigenvalue weighted by atomic mass is 16.5. The van der Waals surface area contributed by atoms with E-state index in [0.717, 1.165) is 25.7 Å². The number of rotatable bonds is 9. The van der Waals surface area contributed by atoms with E-state index in [1.165, 1.54) is 13.0 Å². The van der Waals surface area contributed by atoms with Crippen molar-refractivity contribution in [3.8, 4) is 0 Å². The van der Waals surface area contributed by atoms with Crippen LogP contribution >= 0.6 is 0 Å². The molecule has 0 aliphatic heterocycles. The van der Waals surface area contributed by atoms with Crippen molar-refractivity contribution in [1.29, 1.82) is 0 Å². The Hall–Kier alpha value is -2.37. The highest BCUT2D eigenvalue weighted by molar-refractivity contribution is 5.94. The molecule has 0 fully saturated rings. The lowest BCUT2D eigenvalue weighted by molar-refractivity contribution is -0.124. The molecule has 0 bridgehead atoms. The van der Waals surface area contributed by atoms with Crippen LogP contribution < -0.4 is 10.6 Å². The van der Waals surface area contributed by atoms with E-state index in [1.54, 1.807) is 18.2 Å². The Morgan fingerprint density at radius 1 is 1.13 bits per heavy atom. The van der Waals surface area contributed by atoms with Crippen molar-refractivity contribution in [2.45, 2.75) is 39.5 Å². The van der Waals surface area contributed by atoms with Crippen molar-refractivity contribution in [2.24, 2.45) is 0 Å². The summed E-state index contributed by atoms with van der Waals surface area (Å²) in [7, 11) is 0. The van der Waals surface area contributed by atoms with Crippen molar-refractivity contribution in [2.75, 3.05) is 18.5 Å². The number of carbonyl (C=O) groups excluding carboxylic acids is 3. The van der Waals surface area contributed by atoms with Crippen molar-refractivity contribution < 1.29 is 19.1 Å². The number of anilines is 1. The maximum absolute atomic E-state index is 11.9. The number of hydrogen-bond donors (Lipinski definition) is 2. The summed E-state index contributed by atoms with van der Waals surface area (Å²) in [4.78, 5) is 34.5. The van der Waals surface area contributed by atoms with Gasteiger partial charge >= 0.3 is 5.97 Å². The summed E-state index contributed by atoms with van der Waals surface area (Å²) in [5.41, 5.74) is 0.791. The van der Waals surface area contributed by atoms with Gasteiger partial charge in [-0.2, -0.15) is 0 Å². The van der Waals surface area contributed by atoms with Crippen LogP contribution in [0.4, 0.5) is 5.69 Å². The second-order valence-electron chi connectivity index (χ2n) is 5.25. The van der Waals surface area contributed by atoms with E-state index in [4.69, 9.17) is 4.74 Å². The molecule has 2 N–H and O–H groups in total. The van der Waals surface area contributed by atoms with Crippen molar-refractivity contribution in [3.05, 3.63) is 29.8 Å². The first-order valence-electron chi connectivity index (χ1n) is 7.84. The monoisotopic (exact) mass is 320 g/mol. The molecule has 0 aromatic heterocycles. The third-order valence-electron chi connectivity index (χ3n) is 3.11. The topological polar surface area (TPSA) is 84.5 Å². The summed E-state index contributed by atoms with van der Waals surface area (Å²) in [6.45, 7) is 3.79. The molecule has 1 rings (SSSR count). The zero-order chi connectivity index (χ0) is 17.1. The first-order valence-corrected chi connectivity index (χ1v) is 7.84. The van der Waals surface area contributed by atoms with Gasteiger partial charge in [0.25, 0.3) is 5.91 Å². The van der Waals surface area contributed by atoms with Crippen molar-refractivity contribution in [1.82, 2.24) is 5.32 Å². The van der Waals surface area contributed by atoms with Crippen LogP contribution in [0.3, 0.4) is 0 Å². The summed E-state index contributed by atoms with van der Waals surface area (Å²) in [6, 6.07) is 6.37. The van der Waals surface area contributed by atoms with Crippen molar-refractivity contribution in [3.63, 3.8) is 0 Å². The Kier molecular flexibility index (Phi) is 8.42. The Morgan fingerprint density at radius 2 is 1.91 bits per heavy atom. The van der Waals surface area contributed by atoms with Gasteiger partial charge in [-0.15, -0.1) is 0 Å². The summed E-state index contributed by atoms with van der Waals surface area (Å²) in [5.74, 6) is -1.14. The Bertz CT molecular complexity index is 543. The predicted molar refractivity (Wildman–Crippen MR) is 88.2 cm³/mol. The number of hydrogen-bond acceptors (Lipinski definition) is 4. The van der Waals surface area contributed by atoms with Gasteiger partial charge < -0.3 is 15.4 Å². The second-order valence-corrected chi connectivity index (χ2v) is 5.25. The minimum absolute atomic E-state index is 0.224. The van der Waals surface area contributed by atoms with Crippen LogP contribution in [0.25, 0.3) is 0 Å². The largest absolute Gasteiger partial charge is 0.452 e. The van der Waals surface area contributed by atoms with Gasteiger partial charge in [-0.3, -0.25) is 9.59 Å². The molecule has 0 spiro atoms. The molecule has 23 heavy (non-hydrogen) atoms. The lowest BCUT2D eigenvalue weighted by Crippen LogP contribution is -2.29. The molecule has 0 unspecified atom stereocenters. The van der Waals surface area contributed by atoms with Gasteiger partial charge in [-0.25, -0.2) is 4.79 Å². The van der Waals surface area contributed by atoms with Crippen LogP contribution in [0.2, 0.25) is 0 Å². The molecular formula is C17H24N2O4. The van der Waals surface area contributed by atoms with E-state index in [-0.39, 0.29) is 24.0 Å². The molecule has 6 heteroatoms. The Morgan fingerprint density at radius 3 is 2.61 bits per heavy atom. The Labute approximate surface area is 136 Å². The van der Waals surface area contributed by atoms with Crippen LogP contribution in [0.5, 0.6) is 0 Å². The van der Waals surface area contributed by atoms with Gasteiger partial charge in [-0.05, 0) is 24.6 Å². The quantitative estimate of drug-likeness (QED) is 0.541. The Balaban J connectivity index is 2.35. The third-order valence-corrected chi connectivity index (χ3v) is 3.11. The smallest absolute Gasteiger partial charge is 0.338 e. The minimum Gasteiger partial charge on any atom is -0.452 e. The average Bonchev–Trinajstić information content (AvgIpc) is 2.52. The van der Waals surface area contributed by atoms with Crippen molar-refractivity contribution >= 4 is 23.5 Å². The number of unbranched alkanes of at least 4 members (excludes halogenated alkanes) is 3. The molecule has 0 saturated heterocycles. The molecule has 0 aliphatic carbocycles. The molecule has 1 aromatic rings. The molecule has 1 aromatic carbocycles. The lowest BCUT2D eigenvalue weighted by Gasteiger charge is -2.08. The van der Waals surface area contributed by atoms with E-state index in [2.05, 4.69) is 17.6 Å². The van der Waals surface area contributed by atoms with Gasteiger partial charge in [0, 0.05) is 19.2 Å². The van der Waals surface area contributed by atoms with Crippen LogP contribution in [0.15, 0.2) is 24.3 Å². The maximum Gasteiger partial charge on any atom is 0.338 e. The highest BCUT2D eigenvalue weighted by Gasteiger charge is 2.10. The number of nitrogens with one attached hydrogen (secondary N) is 2. The lowest BCUT2D eigenvalue weighted by atomic mass is 10.2. The van der Waals surface area contributed by atoms with E-state index >= 15 is 0 Å². The van der Waals surface area contributed by atoms with E-state index in [9.17, 15) is 14.4 Å². The first-order chi connectivity index (χ1) is 11.0. The fourth-order valence-corrected chi connectivity index (χ4v) is 1.97.